The fourth-order valence-electron chi connectivity index (χ4n) is 2.94. The van der Waals surface area contributed by atoms with Crippen LogP contribution in [-0.4, -0.2) is 28.8 Å². The number of nitrogens with one attached hydrogen (secondary N) is 1. The number of nitrogens with zero attached hydrogens (tertiary/aromatic N) is 2. The summed E-state index contributed by atoms with van der Waals surface area (Å²) in [7, 11) is 0. The molecule has 2 aliphatic rings. The fourth-order valence-corrected chi connectivity index (χ4v) is 2.94. The van der Waals surface area contributed by atoms with Crippen LogP contribution in [0.15, 0.2) is 12.4 Å². The standard InChI is InChI=1S/C13H21N3O/c1-2-6-12(5-1)16-8-7-14-13(16)15-11-4-3-9-17-10-11/h7-8,11-12H,1-6,9-10H2,(H,14,15). The van der Waals surface area contributed by atoms with Gasteiger partial charge in [-0.15, -0.1) is 0 Å². The summed E-state index contributed by atoms with van der Waals surface area (Å²) in [5.41, 5.74) is 0. The Morgan fingerprint density at radius 3 is 2.88 bits per heavy atom. The largest absolute Gasteiger partial charge is 0.379 e. The number of aromatic nitrogens is 2. The molecule has 1 aromatic rings. The van der Waals surface area contributed by atoms with Gasteiger partial charge in [0.25, 0.3) is 0 Å². The molecule has 4 heteroatoms. The number of ether oxygens (including phenoxy) is 1. The van der Waals surface area contributed by atoms with Gasteiger partial charge in [-0.1, -0.05) is 12.8 Å². The van der Waals surface area contributed by atoms with Gasteiger partial charge in [-0.2, -0.15) is 0 Å². The van der Waals surface area contributed by atoms with Crippen LogP contribution in [0.1, 0.15) is 44.6 Å². The van der Waals surface area contributed by atoms with E-state index in [4.69, 9.17) is 4.74 Å². The molecule has 2 fully saturated rings. The summed E-state index contributed by atoms with van der Waals surface area (Å²) in [6, 6.07) is 1.09. The first-order valence-electron chi connectivity index (χ1n) is 6.80. The molecular formula is C13H21N3O. The summed E-state index contributed by atoms with van der Waals surface area (Å²) in [5.74, 6) is 1.03. The van der Waals surface area contributed by atoms with Crippen LogP contribution in [0.2, 0.25) is 0 Å². The third-order valence-corrected chi connectivity index (χ3v) is 3.88. The van der Waals surface area contributed by atoms with Gasteiger partial charge in [-0.05, 0) is 25.7 Å². The van der Waals surface area contributed by atoms with E-state index in [1.54, 1.807) is 0 Å². The first-order chi connectivity index (χ1) is 8.43. The van der Waals surface area contributed by atoms with E-state index in [2.05, 4.69) is 21.1 Å². The van der Waals surface area contributed by atoms with Crippen molar-refractivity contribution in [3.8, 4) is 0 Å². The van der Waals surface area contributed by atoms with E-state index in [1.165, 1.54) is 32.1 Å². The summed E-state index contributed by atoms with van der Waals surface area (Å²) >= 11 is 0. The van der Waals surface area contributed by atoms with Crippen LogP contribution < -0.4 is 5.32 Å². The molecule has 0 spiro atoms. The van der Waals surface area contributed by atoms with Gasteiger partial charge in [-0.3, -0.25) is 0 Å². The minimum Gasteiger partial charge on any atom is -0.379 e. The normalized spacial score (nSPS) is 26.2. The van der Waals surface area contributed by atoms with Crippen LogP contribution in [0.3, 0.4) is 0 Å². The summed E-state index contributed by atoms with van der Waals surface area (Å²) in [4.78, 5) is 4.45. The zero-order valence-corrected chi connectivity index (χ0v) is 10.3. The summed E-state index contributed by atoms with van der Waals surface area (Å²) < 4.78 is 7.82. The first-order valence-corrected chi connectivity index (χ1v) is 6.80. The van der Waals surface area contributed by atoms with E-state index in [1.807, 2.05) is 6.20 Å². The molecule has 1 unspecified atom stereocenters. The third-order valence-electron chi connectivity index (χ3n) is 3.88. The Morgan fingerprint density at radius 1 is 1.24 bits per heavy atom. The van der Waals surface area contributed by atoms with Gasteiger partial charge in [0.2, 0.25) is 5.95 Å². The van der Waals surface area contributed by atoms with Crippen molar-refractivity contribution in [1.82, 2.24) is 9.55 Å². The van der Waals surface area contributed by atoms with Gasteiger partial charge in [0.05, 0.1) is 12.6 Å². The molecule has 17 heavy (non-hydrogen) atoms. The van der Waals surface area contributed by atoms with Gasteiger partial charge in [0, 0.05) is 25.0 Å². The van der Waals surface area contributed by atoms with Crippen LogP contribution in [-0.2, 0) is 4.74 Å². The lowest BCUT2D eigenvalue weighted by molar-refractivity contribution is 0.0872. The maximum absolute atomic E-state index is 5.50. The van der Waals surface area contributed by atoms with E-state index in [-0.39, 0.29) is 0 Å². The van der Waals surface area contributed by atoms with Crippen molar-refractivity contribution in [3.63, 3.8) is 0 Å². The van der Waals surface area contributed by atoms with E-state index in [9.17, 15) is 0 Å². The molecule has 1 aliphatic heterocycles. The van der Waals surface area contributed by atoms with Gasteiger partial charge in [0.1, 0.15) is 0 Å². The predicted octanol–water partition coefficient (Wildman–Crippen LogP) is 2.59. The predicted molar refractivity (Wildman–Crippen MR) is 67.2 cm³/mol. The second-order valence-electron chi connectivity index (χ2n) is 5.15. The zero-order valence-electron chi connectivity index (χ0n) is 10.3. The molecule has 0 amide bonds. The van der Waals surface area contributed by atoms with Crippen molar-refractivity contribution in [2.24, 2.45) is 0 Å². The number of anilines is 1. The van der Waals surface area contributed by atoms with Crippen molar-refractivity contribution in [2.45, 2.75) is 50.6 Å². The van der Waals surface area contributed by atoms with E-state index >= 15 is 0 Å². The van der Waals surface area contributed by atoms with Crippen LogP contribution in [0.25, 0.3) is 0 Å². The lowest BCUT2D eigenvalue weighted by Crippen LogP contribution is -2.31. The minimum absolute atomic E-state index is 0.436. The van der Waals surface area contributed by atoms with E-state index < -0.39 is 0 Å². The molecule has 1 N–H and O–H groups in total. The quantitative estimate of drug-likeness (QED) is 0.875. The maximum atomic E-state index is 5.50. The highest BCUT2D eigenvalue weighted by molar-refractivity contribution is 5.28. The Balaban J connectivity index is 1.67. The molecule has 0 bridgehead atoms. The van der Waals surface area contributed by atoms with Gasteiger partial charge in [0.15, 0.2) is 0 Å². The van der Waals surface area contributed by atoms with E-state index in [0.717, 1.165) is 25.6 Å². The molecule has 2 heterocycles. The number of hydrogen-bond donors (Lipinski definition) is 1. The topological polar surface area (TPSA) is 39.1 Å². The molecule has 94 valence electrons. The number of rotatable bonds is 3. The summed E-state index contributed by atoms with van der Waals surface area (Å²) in [5, 5.41) is 3.53. The highest BCUT2D eigenvalue weighted by atomic mass is 16.5. The van der Waals surface area contributed by atoms with Crippen molar-refractivity contribution in [2.75, 3.05) is 18.5 Å². The Morgan fingerprint density at radius 2 is 2.12 bits per heavy atom. The van der Waals surface area contributed by atoms with Crippen molar-refractivity contribution < 1.29 is 4.74 Å². The SMILES string of the molecule is c1cn(C2CCCC2)c(NC2CCCOC2)n1. The highest BCUT2D eigenvalue weighted by Crippen LogP contribution is 2.31. The van der Waals surface area contributed by atoms with Crippen molar-refractivity contribution in [3.05, 3.63) is 12.4 Å². The van der Waals surface area contributed by atoms with Crippen molar-refractivity contribution in [1.29, 1.82) is 0 Å². The number of hydrogen-bond acceptors (Lipinski definition) is 3. The van der Waals surface area contributed by atoms with Gasteiger partial charge in [-0.25, -0.2) is 4.98 Å². The first kappa shape index (κ1) is 11.1. The van der Waals surface area contributed by atoms with E-state index in [0.29, 0.717) is 12.1 Å². The average molecular weight is 235 g/mol. The zero-order chi connectivity index (χ0) is 11.5. The highest BCUT2D eigenvalue weighted by Gasteiger charge is 2.21. The molecular weight excluding hydrogens is 214 g/mol. The Bertz CT molecular complexity index is 351. The van der Waals surface area contributed by atoms with Crippen molar-refractivity contribution >= 4 is 5.95 Å². The Kier molecular flexibility index (Phi) is 3.31. The fraction of sp³-hybridized carbons (Fsp3) is 0.769. The molecule has 0 radical (unpaired) electrons. The molecule has 0 aromatic carbocycles. The van der Waals surface area contributed by atoms with Gasteiger partial charge < -0.3 is 14.6 Å². The molecule has 1 aliphatic carbocycles. The molecule has 1 aromatic heterocycles. The third kappa shape index (κ3) is 2.46. The minimum atomic E-state index is 0.436. The average Bonchev–Trinajstić information content (AvgIpc) is 3.00. The lowest BCUT2D eigenvalue weighted by Gasteiger charge is -2.25. The summed E-state index contributed by atoms with van der Waals surface area (Å²) in [6.45, 7) is 1.73. The van der Waals surface area contributed by atoms with Crippen LogP contribution in [0.4, 0.5) is 5.95 Å². The Hall–Kier alpha value is -1.03. The summed E-state index contributed by atoms with van der Waals surface area (Å²) in [6.07, 6.45) is 11.7. The molecule has 4 nitrogen and oxygen atoms in total. The molecule has 1 saturated carbocycles. The second kappa shape index (κ2) is 5.08. The lowest BCUT2D eigenvalue weighted by atomic mass is 10.1. The smallest absolute Gasteiger partial charge is 0.203 e. The second-order valence-corrected chi connectivity index (χ2v) is 5.15. The Labute approximate surface area is 102 Å². The monoisotopic (exact) mass is 235 g/mol. The molecule has 1 saturated heterocycles. The van der Waals surface area contributed by atoms with Crippen LogP contribution in [0, 0.1) is 0 Å². The van der Waals surface area contributed by atoms with Crippen LogP contribution >= 0.6 is 0 Å². The van der Waals surface area contributed by atoms with Crippen LogP contribution in [0.5, 0.6) is 0 Å². The molecule has 1 atom stereocenters. The number of imidazole rings is 1. The van der Waals surface area contributed by atoms with Gasteiger partial charge >= 0.3 is 0 Å². The molecule has 3 rings (SSSR count). The maximum Gasteiger partial charge on any atom is 0.203 e.